The Bertz CT molecular complexity index is 329. The third kappa shape index (κ3) is 1.56. The van der Waals surface area contributed by atoms with Gasteiger partial charge in [-0.25, -0.2) is 13.9 Å². The molecule has 0 atom stereocenters. The summed E-state index contributed by atoms with van der Waals surface area (Å²) in [6.07, 6.45) is 2.53. The van der Waals surface area contributed by atoms with E-state index in [1.54, 1.807) is 17.8 Å². The summed E-state index contributed by atoms with van der Waals surface area (Å²) in [5.74, 6) is 0.171. The number of rotatable bonds is 3. The van der Waals surface area contributed by atoms with Crippen LogP contribution >= 0.6 is 0 Å². The van der Waals surface area contributed by atoms with Gasteiger partial charge in [-0.15, -0.1) is 0 Å². The van der Waals surface area contributed by atoms with Crippen LogP contribution in [0.5, 0.6) is 0 Å². The number of carbonyl (C=O) groups is 1. The van der Waals surface area contributed by atoms with Crippen molar-refractivity contribution in [1.29, 1.82) is 0 Å². The van der Waals surface area contributed by atoms with E-state index in [-0.39, 0.29) is 0 Å². The highest BCUT2D eigenvalue weighted by molar-refractivity contribution is 5.85. The van der Waals surface area contributed by atoms with Crippen molar-refractivity contribution in [3.05, 3.63) is 17.7 Å². The van der Waals surface area contributed by atoms with E-state index in [4.69, 9.17) is 5.11 Å². The topological polar surface area (TPSA) is 46.1 Å². The molecule has 4 nitrogen and oxygen atoms in total. The zero-order chi connectivity index (χ0) is 10.0. The summed E-state index contributed by atoms with van der Waals surface area (Å²) < 4.78 is 3.69. The Hall–Kier alpha value is -1.32. The smallest absolute Gasteiger partial charge is 0.379 e. The van der Waals surface area contributed by atoms with Crippen LogP contribution in [0, 0.1) is 0 Å². The number of aromatic nitrogens is 2. The molecule has 0 aromatic carbocycles. The van der Waals surface area contributed by atoms with E-state index in [1.165, 1.54) is 0 Å². The van der Waals surface area contributed by atoms with Crippen LogP contribution in [-0.4, -0.2) is 15.6 Å². The highest BCUT2D eigenvalue weighted by Gasteiger charge is 2.22. The number of hydrogen-bond donors (Lipinski definition) is 1. The number of aromatic carboxylic acids is 1. The molecule has 0 saturated carbocycles. The summed E-state index contributed by atoms with van der Waals surface area (Å²) >= 11 is 0. The molecule has 72 valence electrons. The molecule has 0 radical (unpaired) electrons. The lowest BCUT2D eigenvalue weighted by Crippen LogP contribution is -2.35. The van der Waals surface area contributed by atoms with Crippen LogP contribution in [0.3, 0.4) is 0 Å². The first-order valence-corrected chi connectivity index (χ1v) is 4.43. The molecule has 13 heavy (non-hydrogen) atoms. The molecule has 0 saturated heterocycles. The molecule has 0 aliphatic rings. The highest BCUT2D eigenvalue weighted by Crippen LogP contribution is 2.01. The van der Waals surface area contributed by atoms with Crippen LogP contribution in [0.15, 0.2) is 6.20 Å². The van der Waals surface area contributed by atoms with Crippen LogP contribution < -0.4 is 4.57 Å². The van der Waals surface area contributed by atoms with Crippen molar-refractivity contribution >= 4 is 5.97 Å². The fourth-order valence-corrected chi connectivity index (χ4v) is 1.55. The number of carboxylic acids is 1. The summed E-state index contributed by atoms with van der Waals surface area (Å²) in [4.78, 5) is 10.8. The van der Waals surface area contributed by atoms with E-state index in [2.05, 4.69) is 0 Å². The molecule has 1 N–H and O–H groups in total. The van der Waals surface area contributed by atoms with Gasteiger partial charge in [0.15, 0.2) is 0 Å². The fourth-order valence-electron chi connectivity index (χ4n) is 1.55. The highest BCUT2D eigenvalue weighted by atomic mass is 16.4. The predicted molar refractivity (Wildman–Crippen MR) is 47.6 cm³/mol. The lowest BCUT2D eigenvalue weighted by Gasteiger charge is -1.95. The van der Waals surface area contributed by atoms with Gasteiger partial charge in [-0.05, 0) is 6.92 Å². The normalized spacial score (nSPS) is 10.4. The lowest BCUT2D eigenvalue weighted by atomic mass is 10.4. The van der Waals surface area contributed by atoms with Crippen molar-refractivity contribution < 1.29 is 14.5 Å². The van der Waals surface area contributed by atoms with Crippen LogP contribution in [0.4, 0.5) is 0 Å². The van der Waals surface area contributed by atoms with E-state index >= 15 is 0 Å². The van der Waals surface area contributed by atoms with Crippen molar-refractivity contribution in [3.63, 3.8) is 0 Å². The van der Waals surface area contributed by atoms with Crippen LogP contribution in [0.1, 0.15) is 30.2 Å². The molecule has 1 aromatic heterocycles. The first-order chi connectivity index (χ1) is 6.11. The minimum Gasteiger partial charge on any atom is -0.475 e. The largest absolute Gasteiger partial charge is 0.475 e. The first kappa shape index (κ1) is 9.77. The Morgan fingerprint density at radius 1 is 1.62 bits per heavy atom. The molecule has 0 unspecified atom stereocenters. The van der Waals surface area contributed by atoms with Gasteiger partial charge in [0, 0.05) is 6.42 Å². The van der Waals surface area contributed by atoms with Gasteiger partial charge in [0.05, 0.1) is 13.6 Å². The molecule has 1 aromatic rings. The van der Waals surface area contributed by atoms with Gasteiger partial charge in [0.25, 0.3) is 11.5 Å². The van der Waals surface area contributed by atoms with Gasteiger partial charge in [0.2, 0.25) is 0 Å². The molecule has 1 rings (SSSR count). The molecule has 0 bridgehead atoms. The van der Waals surface area contributed by atoms with Crippen molar-refractivity contribution in [2.45, 2.75) is 26.8 Å². The average Bonchev–Trinajstić information content (AvgIpc) is 2.41. The first-order valence-electron chi connectivity index (χ1n) is 4.43. The van der Waals surface area contributed by atoms with Crippen molar-refractivity contribution in [2.75, 3.05) is 0 Å². The molecule has 0 spiro atoms. The van der Waals surface area contributed by atoms with Gasteiger partial charge < -0.3 is 5.11 Å². The van der Waals surface area contributed by atoms with E-state index in [0.29, 0.717) is 5.69 Å². The van der Waals surface area contributed by atoms with E-state index in [1.807, 2.05) is 18.4 Å². The fraction of sp³-hybridized carbons (Fsp3) is 0.556. The zero-order valence-corrected chi connectivity index (χ0v) is 8.24. The maximum atomic E-state index is 10.8. The standard InChI is InChI=1S/C9H14N2O2/c1-4-8-10(3)7(9(12)13)6-11(8)5-2/h6H,4-5H2,1-3H3/p+1. The number of aryl methyl sites for hydroxylation is 1. The van der Waals surface area contributed by atoms with Crippen molar-refractivity contribution in [2.24, 2.45) is 7.05 Å². The molecular formula is C9H15N2O2+. The van der Waals surface area contributed by atoms with Crippen LogP contribution in [0.25, 0.3) is 0 Å². The molecule has 0 fully saturated rings. The second-order valence-electron chi connectivity index (χ2n) is 2.93. The number of imidazole rings is 1. The summed E-state index contributed by atoms with van der Waals surface area (Å²) in [5, 5.41) is 8.86. The van der Waals surface area contributed by atoms with Gasteiger partial charge >= 0.3 is 5.97 Å². The Kier molecular flexibility index (Phi) is 2.70. The van der Waals surface area contributed by atoms with Gasteiger partial charge in [-0.2, -0.15) is 0 Å². The summed E-state index contributed by atoms with van der Waals surface area (Å²) in [6, 6.07) is 0. The van der Waals surface area contributed by atoms with Crippen molar-refractivity contribution in [1.82, 2.24) is 4.57 Å². The third-order valence-corrected chi connectivity index (χ3v) is 2.23. The second-order valence-corrected chi connectivity index (χ2v) is 2.93. The van der Waals surface area contributed by atoms with E-state index < -0.39 is 5.97 Å². The molecule has 4 heteroatoms. The molecule has 0 aliphatic carbocycles. The zero-order valence-electron chi connectivity index (χ0n) is 8.24. The summed E-state index contributed by atoms with van der Waals surface area (Å²) in [7, 11) is 1.79. The summed E-state index contributed by atoms with van der Waals surface area (Å²) in [5.41, 5.74) is 0.346. The number of carboxylic acid groups (broad SMARTS) is 1. The Balaban J connectivity index is 3.26. The molecule has 1 heterocycles. The van der Waals surface area contributed by atoms with E-state index in [0.717, 1.165) is 18.8 Å². The quantitative estimate of drug-likeness (QED) is 0.697. The predicted octanol–water partition coefficient (Wildman–Crippen LogP) is 0.593. The Labute approximate surface area is 77.4 Å². The van der Waals surface area contributed by atoms with E-state index in [9.17, 15) is 4.79 Å². The van der Waals surface area contributed by atoms with Gasteiger partial charge in [-0.3, -0.25) is 0 Å². The number of nitrogens with zero attached hydrogens (tertiary/aromatic N) is 2. The summed E-state index contributed by atoms with van der Waals surface area (Å²) in [6.45, 7) is 4.84. The van der Waals surface area contributed by atoms with Gasteiger partial charge in [0.1, 0.15) is 6.20 Å². The Morgan fingerprint density at radius 2 is 2.23 bits per heavy atom. The monoisotopic (exact) mass is 183 g/mol. The molecule has 0 amide bonds. The third-order valence-electron chi connectivity index (χ3n) is 2.23. The second kappa shape index (κ2) is 3.60. The lowest BCUT2D eigenvalue weighted by molar-refractivity contribution is -0.700. The average molecular weight is 183 g/mol. The Morgan fingerprint density at radius 3 is 2.54 bits per heavy atom. The minimum atomic E-state index is -0.871. The van der Waals surface area contributed by atoms with Crippen molar-refractivity contribution in [3.8, 4) is 0 Å². The van der Waals surface area contributed by atoms with Gasteiger partial charge in [-0.1, -0.05) is 6.92 Å². The van der Waals surface area contributed by atoms with Crippen LogP contribution in [-0.2, 0) is 20.0 Å². The maximum Gasteiger partial charge on any atom is 0.379 e. The maximum absolute atomic E-state index is 10.8. The molecule has 0 aliphatic heterocycles. The molecular weight excluding hydrogens is 168 g/mol. The SMILES string of the molecule is CCc1n(C)c(C(=O)O)c[n+]1CC. The number of hydrogen-bond acceptors (Lipinski definition) is 1. The minimum absolute atomic E-state index is 0.346. The van der Waals surface area contributed by atoms with Crippen LogP contribution in [0.2, 0.25) is 0 Å².